The second-order valence-corrected chi connectivity index (χ2v) is 8.97. The Balaban J connectivity index is 0.000000211. The number of hydrogen-bond donors (Lipinski definition) is 2. The third-order valence-corrected chi connectivity index (χ3v) is 6.23. The van der Waals surface area contributed by atoms with E-state index in [0.29, 0.717) is 0 Å². The zero-order valence-electron chi connectivity index (χ0n) is 19.6. The molecule has 1 fully saturated rings. The number of thiocarbonyl (C=S) groups is 1. The fraction of sp³-hybridized carbons (Fsp3) is 0.417. The van der Waals surface area contributed by atoms with Gasteiger partial charge in [0.05, 0.1) is 19.8 Å². The van der Waals surface area contributed by atoms with Crippen molar-refractivity contribution in [3.8, 4) is 0 Å². The van der Waals surface area contributed by atoms with Gasteiger partial charge >= 0.3 is 12.4 Å². The van der Waals surface area contributed by atoms with Gasteiger partial charge in [0.25, 0.3) is 0 Å². The van der Waals surface area contributed by atoms with Crippen LogP contribution >= 0.6 is 12.2 Å². The lowest BCUT2D eigenvalue weighted by Crippen LogP contribution is -2.56. The van der Waals surface area contributed by atoms with Crippen molar-refractivity contribution >= 4 is 23.0 Å². The average Bonchev–Trinajstić information content (AvgIpc) is 3.16. The molecule has 14 heteroatoms. The first kappa shape index (κ1) is 29.7. The molecule has 0 saturated carbocycles. The van der Waals surface area contributed by atoms with Crippen LogP contribution in [0, 0.1) is 11.6 Å². The summed E-state index contributed by atoms with van der Waals surface area (Å²) in [5.41, 5.74) is -0.815. The Labute approximate surface area is 218 Å². The minimum Gasteiger partial charge on any atom is -0.385 e. The highest BCUT2D eigenvalue weighted by Crippen LogP contribution is 2.47. The standard InChI is InChI=1S/C12H12F4N2O.C12H11F4NOS/c13-9-4-2-1-3-8(9)11(12(14,15)16)5-6-19-7-10(17)18-11;13-9-4-2-1-3-8(9)11(12(14,15)16)5-6-18-7-10(19)17-11/h1-4H,5-7H2,(H2,17,18);1-4H,5-7H2,(H,17,19). The molecule has 0 spiro atoms. The van der Waals surface area contributed by atoms with Crippen molar-refractivity contribution < 1.29 is 44.6 Å². The van der Waals surface area contributed by atoms with E-state index in [1.54, 1.807) is 0 Å². The van der Waals surface area contributed by atoms with Crippen molar-refractivity contribution in [2.24, 2.45) is 10.7 Å². The maximum atomic E-state index is 13.8. The molecule has 2 aliphatic rings. The molecular weight excluding hydrogens is 546 g/mol. The summed E-state index contributed by atoms with van der Waals surface area (Å²) in [6.07, 6.45) is -10.4. The Bertz CT molecular complexity index is 1170. The van der Waals surface area contributed by atoms with Crippen LogP contribution in [-0.4, -0.2) is 49.6 Å². The first-order chi connectivity index (χ1) is 17.7. The van der Waals surface area contributed by atoms with Gasteiger partial charge in [0, 0.05) is 24.0 Å². The largest absolute Gasteiger partial charge is 0.418 e. The summed E-state index contributed by atoms with van der Waals surface area (Å²) in [4.78, 5) is 3.43. The second kappa shape index (κ2) is 11.5. The molecule has 4 rings (SSSR count). The molecule has 0 bridgehead atoms. The van der Waals surface area contributed by atoms with E-state index in [-0.39, 0.29) is 37.3 Å². The quantitative estimate of drug-likeness (QED) is 0.381. The molecule has 208 valence electrons. The number of halogens is 8. The first-order valence-electron chi connectivity index (χ1n) is 11.2. The van der Waals surface area contributed by atoms with Crippen molar-refractivity contribution in [3.63, 3.8) is 0 Å². The molecule has 2 aromatic rings. The summed E-state index contributed by atoms with van der Waals surface area (Å²) < 4.78 is 118. The van der Waals surface area contributed by atoms with Gasteiger partial charge in [0.15, 0.2) is 11.1 Å². The fourth-order valence-corrected chi connectivity index (χ4v) is 4.44. The lowest BCUT2D eigenvalue weighted by Gasteiger charge is -2.36. The predicted octanol–water partition coefficient (Wildman–Crippen LogP) is 5.28. The third kappa shape index (κ3) is 6.07. The highest BCUT2D eigenvalue weighted by atomic mass is 32.1. The van der Waals surface area contributed by atoms with Crippen LogP contribution in [0.5, 0.6) is 0 Å². The maximum absolute atomic E-state index is 13.8. The minimum atomic E-state index is -4.76. The van der Waals surface area contributed by atoms with Gasteiger partial charge in [0.2, 0.25) is 0 Å². The van der Waals surface area contributed by atoms with Crippen LogP contribution in [0.1, 0.15) is 24.0 Å². The Kier molecular flexibility index (Phi) is 8.99. The number of aliphatic imine (C=N–C) groups is 1. The molecule has 0 amide bonds. The maximum Gasteiger partial charge on any atom is 0.418 e. The molecule has 1 saturated heterocycles. The number of ether oxygens (including phenoxy) is 2. The predicted molar refractivity (Wildman–Crippen MR) is 126 cm³/mol. The van der Waals surface area contributed by atoms with Crippen molar-refractivity contribution in [2.75, 3.05) is 26.4 Å². The monoisotopic (exact) mass is 569 g/mol. The molecule has 3 N–H and O–H groups in total. The van der Waals surface area contributed by atoms with E-state index in [1.165, 1.54) is 24.3 Å². The molecule has 5 nitrogen and oxygen atoms in total. The van der Waals surface area contributed by atoms with Crippen LogP contribution in [0.15, 0.2) is 53.5 Å². The van der Waals surface area contributed by atoms with E-state index in [4.69, 9.17) is 27.4 Å². The Hall–Kier alpha value is -2.84. The number of alkyl halides is 6. The Morgan fingerprint density at radius 3 is 1.87 bits per heavy atom. The molecule has 2 aliphatic heterocycles. The third-order valence-electron chi connectivity index (χ3n) is 6.01. The summed E-state index contributed by atoms with van der Waals surface area (Å²) in [6.45, 7) is -0.632. The number of hydrogen-bond acceptors (Lipinski definition) is 5. The van der Waals surface area contributed by atoms with Crippen LogP contribution in [0.4, 0.5) is 35.1 Å². The normalized spacial score (nSPS) is 24.7. The van der Waals surface area contributed by atoms with Gasteiger partial charge in [-0.05, 0) is 12.1 Å². The number of benzene rings is 2. The number of nitrogens with zero attached hydrogens (tertiary/aromatic N) is 1. The van der Waals surface area contributed by atoms with E-state index in [2.05, 4.69) is 10.3 Å². The molecule has 0 radical (unpaired) electrons. The van der Waals surface area contributed by atoms with Crippen molar-refractivity contribution in [1.82, 2.24) is 5.32 Å². The van der Waals surface area contributed by atoms with Crippen LogP contribution < -0.4 is 11.1 Å². The molecular formula is C24H23F8N3O2S. The number of nitrogens with one attached hydrogen (secondary N) is 1. The fourth-order valence-electron chi connectivity index (χ4n) is 4.18. The summed E-state index contributed by atoms with van der Waals surface area (Å²) in [5, 5.41) is 2.23. The molecule has 0 aromatic heterocycles. The van der Waals surface area contributed by atoms with Gasteiger partial charge in [0.1, 0.15) is 29.1 Å². The second-order valence-electron chi connectivity index (χ2n) is 8.48. The lowest BCUT2D eigenvalue weighted by molar-refractivity contribution is -0.200. The zero-order valence-corrected chi connectivity index (χ0v) is 20.5. The highest BCUT2D eigenvalue weighted by molar-refractivity contribution is 7.80. The molecule has 38 heavy (non-hydrogen) atoms. The van der Waals surface area contributed by atoms with E-state index in [1.807, 2.05) is 0 Å². The molecule has 2 aromatic carbocycles. The molecule has 2 heterocycles. The van der Waals surface area contributed by atoms with Crippen LogP contribution in [0.2, 0.25) is 0 Å². The number of amidine groups is 1. The summed E-state index contributed by atoms with van der Waals surface area (Å²) in [7, 11) is 0. The van der Waals surface area contributed by atoms with Crippen molar-refractivity contribution in [3.05, 3.63) is 71.3 Å². The summed E-state index contributed by atoms with van der Waals surface area (Å²) in [6, 6.07) is 9.53. The number of rotatable bonds is 2. The molecule has 2 unspecified atom stereocenters. The SMILES string of the molecule is Fc1ccccc1C1(C(F)(F)F)CCOCC(=S)N1.NC1=NC(c2ccccc2F)(C(F)(F)F)CCOC1. The Morgan fingerprint density at radius 2 is 1.32 bits per heavy atom. The lowest BCUT2D eigenvalue weighted by atomic mass is 9.85. The highest BCUT2D eigenvalue weighted by Gasteiger charge is 2.59. The van der Waals surface area contributed by atoms with E-state index in [0.717, 1.165) is 24.3 Å². The molecule has 0 aliphatic carbocycles. The van der Waals surface area contributed by atoms with Crippen molar-refractivity contribution in [2.45, 2.75) is 36.3 Å². The summed E-state index contributed by atoms with van der Waals surface area (Å²) in [5.74, 6) is -2.17. The van der Waals surface area contributed by atoms with Gasteiger partial charge < -0.3 is 20.5 Å². The zero-order chi connectivity index (χ0) is 28.2. The van der Waals surface area contributed by atoms with Gasteiger partial charge in [-0.2, -0.15) is 26.3 Å². The average molecular weight is 570 g/mol. The van der Waals surface area contributed by atoms with Gasteiger partial charge in [-0.25, -0.2) is 13.8 Å². The minimum absolute atomic E-state index is 0.0851. The van der Waals surface area contributed by atoms with Crippen molar-refractivity contribution in [1.29, 1.82) is 0 Å². The van der Waals surface area contributed by atoms with Crippen LogP contribution in [0.25, 0.3) is 0 Å². The Morgan fingerprint density at radius 1 is 0.789 bits per heavy atom. The summed E-state index contributed by atoms with van der Waals surface area (Å²) >= 11 is 4.79. The van der Waals surface area contributed by atoms with E-state index in [9.17, 15) is 35.1 Å². The topological polar surface area (TPSA) is 68.9 Å². The van der Waals surface area contributed by atoms with Crippen LogP contribution in [-0.2, 0) is 20.6 Å². The van der Waals surface area contributed by atoms with E-state index >= 15 is 0 Å². The van der Waals surface area contributed by atoms with Crippen LogP contribution in [0.3, 0.4) is 0 Å². The van der Waals surface area contributed by atoms with Gasteiger partial charge in [-0.15, -0.1) is 0 Å². The van der Waals surface area contributed by atoms with E-state index < -0.39 is 59.0 Å². The molecule has 2 atom stereocenters. The smallest absolute Gasteiger partial charge is 0.385 e. The first-order valence-corrected chi connectivity index (χ1v) is 11.6. The van der Waals surface area contributed by atoms with Gasteiger partial charge in [-0.1, -0.05) is 48.6 Å². The van der Waals surface area contributed by atoms with Gasteiger partial charge in [-0.3, -0.25) is 0 Å². The number of nitrogens with two attached hydrogens (primary N) is 1.